The van der Waals surface area contributed by atoms with E-state index in [4.69, 9.17) is 0 Å². The summed E-state index contributed by atoms with van der Waals surface area (Å²) in [5.74, 6) is -2.59. The molecule has 106 valence electrons. The van der Waals surface area contributed by atoms with Gasteiger partial charge < -0.3 is 5.73 Å². The van der Waals surface area contributed by atoms with Crippen LogP contribution in [0.1, 0.15) is 34.1 Å². The van der Waals surface area contributed by atoms with Crippen LogP contribution in [0.4, 0.5) is 13.2 Å². The Labute approximate surface area is 105 Å². The van der Waals surface area contributed by atoms with Gasteiger partial charge in [-0.2, -0.15) is 0 Å². The molecule has 6 heteroatoms. The van der Waals surface area contributed by atoms with Crippen molar-refractivity contribution >= 4 is 11.7 Å². The van der Waals surface area contributed by atoms with E-state index in [2.05, 4.69) is 5.73 Å². The second kappa shape index (κ2) is 6.20. The Kier molecular flexibility index (Phi) is 5.83. The van der Waals surface area contributed by atoms with Crippen molar-refractivity contribution < 1.29 is 22.8 Å². The quantitative estimate of drug-likeness (QED) is 0.768. The molecule has 0 saturated heterocycles. The average molecular weight is 267 g/mol. The number of Topliss-reactive ketones (excluding diaryl/α,β-unsaturated/α-hetero) is 1. The molecule has 0 aromatic rings. The molecule has 0 heterocycles. The number of ketones is 1. The third-order valence-corrected chi connectivity index (χ3v) is 3.33. The van der Waals surface area contributed by atoms with E-state index in [0.717, 1.165) is 0 Å². The molecule has 1 amide bonds. The third-order valence-electron chi connectivity index (χ3n) is 3.33. The second-order valence-electron chi connectivity index (χ2n) is 5.44. The van der Waals surface area contributed by atoms with Gasteiger partial charge in [-0.25, -0.2) is 13.2 Å². The Hall–Kier alpha value is -1.07. The Morgan fingerprint density at radius 3 is 1.89 bits per heavy atom. The van der Waals surface area contributed by atoms with Crippen molar-refractivity contribution in [2.45, 2.75) is 52.6 Å². The van der Waals surface area contributed by atoms with Crippen LogP contribution in [0.2, 0.25) is 0 Å². The number of nitrogens with two attached hydrogens (primary N) is 1. The van der Waals surface area contributed by atoms with Gasteiger partial charge in [0, 0.05) is 6.42 Å². The van der Waals surface area contributed by atoms with Crippen molar-refractivity contribution in [3.05, 3.63) is 0 Å². The number of hydrogen-bond donors (Lipinski definition) is 1. The second-order valence-corrected chi connectivity index (χ2v) is 5.44. The van der Waals surface area contributed by atoms with Crippen molar-refractivity contribution in [2.24, 2.45) is 17.1 Å². The summed E-state index contributed by atoms with van der Waals surface area (Å²) in [4.78, 5) is 21.9. The molecule has 2 N–H and O–H groups in total. The number of rotatable bonds is 7. The standard InChI is InChI=1S/C12H20F3NO2/c1-6(2)12(3,4)5-7(17)8(13)9(14)10(15)11(16)18/h6,8-10H,5H2,1-4H3,(H2,16,18). The van der Waals surface area contributed by atoms with Crippen LogP contribution in [0, 0.1) is 11.3 Å². The fourth-order valence-corrected chi connectivity index (χ4v) is 1.23. The highest BCUT2D eigenvalue weighted by molar-refractivity contribution is 5.86. The summed E-state index contributed by atoms with van der Waals surface area (Å²) in [6.07, 6.45) is -8.52. The molecule has 0 spiro atoms. The fraction of sp³-hybridized carbons (Fsp3) is 0.833. The minimum Gasteiger partial charge on any atom is -0.367 e. The van der Waals surface area contributed by atoms with E-state index in [9.17, 15) is 22.8 Å². The first kappa shape index (κ1) is 16.9. The van der Waals surface area contributed by atoms with Gasteiger partial charge in [0.05, 0.1) is 0 Å². The molecule has 0 saturated carbocycles. The predicted molar refractivity (Wildman–Crippen MR) is 62.1 cm³/mol. The maximum atomic E-state index is 13.4. The summed E-state index contributed by atoms with van der Waals surface area (Å²) < 4.78 is 39.5. The van der Waals surface area contributed by atoms with E-state index in [1.165, 1.54) is 0 Å². The van der Waals surface area contributed by atoms with E-state index in [1.54, 1.807) is 13.8 Å². The van der Waals surface area contributed by atoms with Crippen LogP contribution in [-0.4, -0.2) is 30.2 Å². The van der Waals surface area contributed by atoms with Crippen LogP contribution >= 0.6 is 0 Å². The van der Waals surface area contributed by atoms with Crippen molar-refractivity contribution in [3.63, 3.8) is 0 Å². The first-order valence-electron chi connectivity index (χ1n) is 5.75. The molecule has 0 aromatic carbocycles. The van der Waals surface area contributed by atoms with Crippen LogP contribution in [-0.2, 0) is 9.59 Å². The number of hydrogen-bond acceptors (Lipinski definition) is 2. The molecular formula is C12H20F3NO2. The monoisotopic (exact) mass is 267 g/mol. The maximum absolute atomic E-state index is 13.4. The molecule has 3 nitrogen and oxygen atoms in total. The lowest BCUT2D eigenvalue weighted by molar-refractivity contribution is -0.133. The third kappa shape index (κ3) is 4.31. The minimum absolute atomic E-state index is 0.0732. The molecule has 0 aliphatic heterocycles. The van der Waals surface area contributed by atoms with Crippen LogP contribution in [0.3, 0.4) is 0 Å². The normalized spacial score (nSPS) is 17.3. The van der Waals surface area contributed by atoms with Crippen LogP contribution < -0.4 is 5.73 Å². The zero-order valence-corrected chi connectivity index (χ0v) is 11.0. The number of carbonyl (C=O) groups excluding carboxylic acids is 2. The average Bonchev–Trinajstić information content (AvgIpc) is 2.24. The van der Waals surface area contributed by atoms with Gasteiger partial charge in [0.15, 0.2) is 18.1 Å². The predicted octanol–water partition coefficient (Wildman–Crippen LogP) is 2.13. The Bertz CT molecular complexity index is 318. The smallest absolute Gasteiger partial charge is 0.255 e. The number of primary amides is 1. The zero-order valence-electron chi connectivity index (χ0n) is 11.0. The SMILES string of the molecule is CC(C)C(C)(C)CC(=O)C(F)C(F)C(F)C(N)=O. The van der Waals surface area contributed by atoms with Gasteiger partial charge in [-0.1, -0.05) is 27.7 Å². The molecule has 0 bridgehead atoms. The number of halogens is 3. The summed E-state index contributed by atoms with van der Waals surface area (Å²) in [6.45, 7) is 7.15. The lowest BCUT2D eigenvalue weighted by atomic mass is 9.76. The summed E-state index contributed by atoms with van der Waals surface area (Å²) in [5.41, 5.74) is 3.99. The van der Waals surface area contributed by atoms with Crippen LogP contribution in [0.15, 0.2) is 0 Å². The molecule has 0 aromatic heterocycles. The Morgan fingerprint density at radius 1 is 1.11 bits per heavy atom. The Morgan fingerprint density at radius 2 is 1.56 bits per heavy atom. The maximum Gasteiger partial charge on any atom is 0.255 e. The molecule has 3 atom stereocenters. The van der Waals surface area contributed by atoms with E-state index < -0.39 is 35.6 Å². The van der Waals surface area contributed by atoms with Gasteiger partial charge in [0.25, 0.3) is 5.91 Å². The molecular weight excluding hydrogens is 247 g/mol. The molecule has 18 heavy (non-hydrogen) atoms. The van der Waals surface area contributed by atoms with E-state index in [-0.39, 0.29) is 12.3 Å². The number of amides is 1. The fourth-order valence-electron chi connectivity index (χ4n) is 1.23. The Balaban J connectivity index is 4.66. The molecule has 0 fully saturated rings. The van der Waals surface area contributed by atoms with Crippen molar-refractivity contribution in [1.29, 1.82) is 0 Å². The van der Waals surface area contributed by atoms with Crippen molar-refractivity contribution in [1.82, 2.24) is 0 Å². The van der Waals surface area contributed by atoms with Gasteiger partial charge in [-0.3, -0.25) is 9.59 Å². The number of carbonyl (C=O) groups is 2. The summed E-state index contributed by atoms with van der Waals surface area (Å²) in [6, 6.07) is 0. The molecule has 0 aliphatic carbocycles. The van der Waals surface area contributed by atoms with E-state index >= 15 is 0 Å². The van der Waals surface area contributed by atoms with Gasteiger partial charge >= 0.3 is 0 Å². The summed E-state index contributed by atoms with van der Waals surface area (Å²) in [7, 11) is 0. The highest BCUT2D eigenvalue weighted by atomic mass is 19.2. The van der Waals surface area contributed by atoms with Crippen molar-refractivity contribution in [2.75, 3.05) is 0 Å². The first-order chi connectivity index (χ1) is 8.00. The topological polar surface area (TPSA) is 60.2 Å². The highest BCUT2D eigenvalue weighted by Crippen LogP contribution is 2.31. The van der Waals surface area contributed by atoms with E-state index in [0.29, 0.717) is 0 Å². The highest BCUT2D eigenvalue weighted by Gasteiger charge is 2.40. The van der Waals surface area contributed by atoms with Gasteiger partial charge in [0.1, 0.15) is 0 Å². The number of alkyl halides is 3. The lowest BCUT2D eigenvalue weighted by Gasteiger charge is -2.29. The molecule has 3 unspecified atom stereocenters. The van der Waals surface area contributed by atoms with Gasteiger partial charge in [0.2, 0.25) is 6.17 Å². The lowest BCUT2D eigenvalue weighted by Crippen LogP contribution is -2.42. The van der Waals surface area contributed by atoms with E-state index in [1.807, 2.05) is 13.8 Å². The van der Waals surface area contributed by atoms with Crippen LogP contribution in [0.25, 0.3) is 0 Å². The van der Waals surface area contributed by atoms with Gasteiger partial charge in [-0.15, -0.1) is 0 Å². The first-order valence-corrected chi connectivity index (χ1v) is 5.75. The van der Waals surface area contributed by atoms with Gasteiger partial charge in [-0.05, 0) is 11.3 Å². The van der Waals surface area contributed by atoms with Crippen molar-refractivity contribution in [3.8, 4) is 0 Å². The molecule has 0 radical (unpaired) electrons. The van der Waals surface area contributed by atoms with Crippen LogP contribution in [0.5, 0.6) is 0 Å². The minimum atomic E-state index is -2.84. The molecule has 0 rings (SSSR count). The zero-order chi connectivity index (χ0) is 14.7. The largest absolute Gasteiger partial charge is 0.367 e. The molecule has 0 aliphatic rings. The summed E-state index contributed by atoms with van der Waals surface area (Å²) >= 11 is 0. The summed E-state index contributed by atoms with van der Waals surface area (Å²) in [5, 5.41) is 0.